The van der Waals surface area contributed by atoms with Gasteiger partial charge in [-0.2, -0.15) is 0 Å². The van der Waals surface area contributed by atoms with E-state index >= 15 is 0 Å². The van der Waals surface area contributed by atoms with Crippen molar-refractivity contribution in [2.24, 2.45) is 0 Å². The minimum atomic E-state index is -0.586. The molecule has 4 heteroatoms. The smallest absolute Gasteiger partial charge is 0.119 e. The third kappa shape index (κ3) is 2.96. The summed E-state index contributed by atoms with van der Waals surface area (Å²) in [7, 11) is 1.67. The van der Waals surface area contributed by atoms with Gasteiger partial charge in [-0.3, -0.25) is 4.90 Å². The quantitative estimate of drug-likeness (QED) is 0.923. The maximum Gasteiger partial charge on any atom is 0.119 e. The fourth-order valence-electron chi connectivity index (χ4n) is 2.95. The number of nitrogens with zero attached hydrogens (tertiary/aromatic N) is 1. The molecule has 0 radical (unpaired) electrons. The fourth-order valence-corrected chi connectivity index (χ4v) is 3.34. The molecule has 1 saturated heterocycles. The number of rotatable bonds is 4. The predicted octanol–water partition coefficient (Wildman–Crippen LogP) is 2.60. The van der Waals surface area contributed by atoms with E-state index in [1.165, 1.54) is 12.8 Å². The van der Waals surface area contributed by atoms with Gasteiger partial charge in [0.05, 0.1) is 12.7 Å². The van der Waals surface area contributed by atoms with Crippen molar-refractivity contribution in [2.45, 2.75) is 37.3 Å². The van der Waals surface area contributed by atoms with Crippen molar-refractivity contribution in [3.63, 3.8) is 0 Å². The molecule has 1 aliphatic heterocycles. The van der Waals surface area contributed by atoms with Crippen LogP contribution in [0.3, 0.4) is 0 Å². The van der Waals surface area contributed by atoms with E-state index in [2.05, 4.69) is 20.8 Å². The Morgan fingerprint density at radius 1 is 1.47 bits per heavy atom. The van der Waals surface area contributed by atoms with Crippen LogP contribution in [0.5, 0.6) is 5.75 Å². The monoisotopic (exact) mass is 325 g/mol. The number of aliphatic hydroxyl groups is 1. The van der Waals surface area contributed by atoms with Crippen LogP contribution >= 0.6 is 15.9 Å². The lowest BCUT2D eigenvalue weighted by atomic mass is 9.93. The molecule has 0 bridgehead atoms. The lowest BCUT2D eigenvalue weighted by molar-refractivity contribution is 0.0485. The van der Waals surface area contributed by atoms with Crippen LogP contribution < -0.4 is 4.74 Å². The van der Waals surface area contributed by atoms with E-state index in [-0.39, 0.29) is 0 Å². The first kappa shape index (κ1) is 13.4. The first-order valence-electron chi connectivity index (χ1n) is 6.88. The van der Waals surface area contributed by atoms with Gasteiger partial charge in [0, 0.05) is 30.0 Å². The molecule has 3 rings (SSSR count). The van der Waals surface area contributed by atoms with Crippen molar-refractivity contribution in [3.8, 4) is 5.75 Å². The summed E-state index contributed by atoms with van der Waals surface area (Å²) in [5.74, 6) is 0.846. The number of likely N-dealkylation sites (tertiary alicyclic amines) is 1. The van der Waals surface area contributed by atoms with Gasteiger partial charge in [0.15, 0.2) is 0 Å². The summed E-state index contributed by atoms with van der Waals surface area (Å²) in [6.45, 7) is 1.84. The summed E-state index contributed by atoms with van der Waals surface area (Å²) in [5, 5.41) is 10.8. The van der Waals surface area contributed by atoms with E-state index < -0.39 is 5.60 Å². The van der Waals surface area contributed by atoms with Gasteiger partial charge in [-0.25, -0.2) is 0 Å². The normalized spacial score (nSPS) is 27.7. The highest BCUT2D eigenvalue weighted by molar-refractivity contribution is 9.10. The molecule has 0 amide bonds. The number of hydrogen-bond donors (Lipinski definition) is 1. The summed E-state index contributed by atoms with van der Waals surface area (Å²) >= 11 is 3.57. The molecule has 1 atom stereocenters. The lowest BCUT2D eigenvalue weighted by Gasteiger charge is -2.24. The number of halogens is 1. The van der Waals surface area contributed by atoms with Crippen molar-refractivity contribution in [2.75, 3.05) is 20.2 Å². The van der Waals surface area contributed by atoms with E-state index in [9.17, 15) is 5.11 Å². The summed E-state index contributed by atoms with van der Waals surface area (Å²) in [4.78, 5) is 2.44. The van der Waals surface area contributed by atoms with Crippen LogP contribution in [0.4, 0.5) is 0 Å². The van der Waals surface area contributed by atoms with E-state index in [1.54, 1.807) is 7.11 Å². The molecule has 1 saturated carbocycles. The fraction of sp³-hybridized carbons (Fsp3) is 0.600. The Balaban J connectivity index is 1.73. The number of ether oxygens (including phenoxy) is 1. The lowest BCUT2D eigenvalue weighted by Crippen LogP contribution is -2.36. The van der Waals surface area contributed by atoms with Gasteiger partial charge >= 0.3 is 0 Å². The average Bonchev–Trinajstić information content (AvgIpc) is 3.17. The van der Waals surface area contributed by atoms with Gasteiger partial charge < -0.3 is 9.84 Å². The summed E-state index contributed by atoms with van der Waals surface area (Å²) in [5.41, 5.74) is 0.539. The topological polar surface area (TPSA) is 32.7 Å². The van der Waals surface area contributed by atoms with Gasteiger partial charge in [-0.1, -0.05) is 15.9 Å². The standard InChI is InChI=1S/C15H20BrNO2/c1-19-13-4-5-14(16)11(8-13)9-15(18)6-7-17(10-15)12-2-3-12/h4-5,8,12,18H,2-3,6-7,9-10H2,1H3. The molecule has 19 heavy (non-hydrogen) atoms. The van der Waals surface area contributed by atoms with Crippen LogP contribution in [0.25, 0.3) is 0 Å². The van der Waals surface area contributed by atoms with Crippen molar-refractivity contribution >= 4 is 15.9 Å². The molecule has 3 nitrogen and oxygen atoms in total. The maximum absolute atomic E-state index is 10.8. The highest BCUT2D eigenvalue weighted by Gasteiger charge is 2.42. The van der Waals surface area contributed by atoms with Crippen LogP contribution in [0.1, 0.15) is 24.8 Å². The molecule has 1 N–H and O–H groups in total. The maximum atomic E-state index is 10.8. The third-order valence-corrected chi connectivity index (χ3v) is 4.97. The largest absolute Gasteiger partial charge is 0.497 e. The average molecular weight is 326 g/mol. The zero-order chi connectivity index (χ0) is 13.5. The number of methoxy groups -OCH3 is 1. The summed E-state index contributed by atoms with van der Waals surface area (Å²) < 4.78 is 6.31. The zero-order valence-electron chi connectivity index (χ0n) is 11.2. The van der Waals surface area contributed by atoms with Crippen molar-refractivity contribution in [1.82, 2.24) is 4.90 Å². The first-order chi connectivity index (χ1) is 9.09. The van der Waals surface area contributed by atoms with Gasteiger partial charge in [0.1, 0.15) is 5.75 Å². The summed E-state index contributed by atoms with van der Waals surface area (Å²) in [6, 6.07) is 6.68. The SMILES string of the molecule is COc1ccc(Br)c(CC2(O)CCN(C3CC3)C2)c1. The highest BCUT2D eigenvalue weighted by atomic mass is 79.9. The second kappa shape index (κ2) is 5.08. The van der Waals surface area contributed by atoms with Crippen LogP contribution in [-0.4, -0.2) is 41.8 Å². The minimum absolute atomic E-state index is 0.586. The van der Waals surface area contributed by atoms with Crippen LogP contribution in [0, 0.1) is 0 Å². The van der Waals surface area contributed by atoms with Crippen LogP contribution in [-0.2, 0) is 6.42 Å². The molecule has 2 fully saturated rings. The van der Waals surface area contributed by atoms with Gasteiger partial charge in [-0.05, 0) is 43.0 Å². The summed E-state index contributed by atoms with van der Waals surface area (Å²) in [6.07, 6.45) is 4.17. The Labute approximate surface area is 122 Å². The molecule has 0 aromatic heterocycles. The molecule has 1 heterocycles. The van der Waals surface area contributed by atoms with E-state index in [4.69, 9.17) is 4.74 Å². The Bertz CT molecular complexity index is 475. The third-order valence-electron chi connectivity index (χ3n) is 4.20. The van der Waals surface area contributed by atoms with E-state index in [1.807, 2.05) is 18.2 Å². The Morgan fingerprint density at radius 3 is 2.95 bits per heavy atom. The van der Waals surface area contributed by atoms with E-state index in [0.29, 0.717) is 6.42 Å². The molecule has 1 unspecified atom stereocenters. The molecular formula is C15H20BrNO2. The van der Waals surface area contributed by atoms with Gasteiger partial charge in [-0.15, -0.1) is 0 Å². The molecular weight excluding hydrogens is 306 g/mol. The number of hydrogen-bond acceptors (Lipinski definition) is 3. The Hall–Kier alpha value is -0.580. The van der Waals surface area contributed by atoms with Crippen LogP contribution in [0.15, 0.2) is 22.7 Å². The first-order valence-corrected chi connectivity index (χ1v) is 7.68. The minimum Gasteiger partial charge on any atom is -0.497 e. The molecule has 2 aliphatic rings. The second-order valence-electron chi connectivity index (χ2n) is 5.81. The van der Waals surface area contributed by atoms with Crippen molar-refractivity contribution < 1.29 is 9.84 Å². The second-order valence-corrected chi connectivity index (χ2v) is 6.66. The predicted molar refractivity (Wildman–Crippen MR) is 78.6 cm³/mol. The van der Waals surface area contributed by atoms with Gasteiger partial charge in [0.2, 0.25) is 0 Å². The number of benzene rings is 1. The Morgan fingerprint density at radius 2 is 2.26 bits per heavy atom. The van der Waals surface area contributed by atoms with Crippen molar-refractivity contribution in [3.05, 3.63) is 28.2 Å². The molecule has 104 valence electrons. The van der Waals surface area contributed by atoms with E-state index in [0.717, 1.165) is 41.3 Å². The zero-order valence-corrected chi connectivity index (χ0v) is 12.8. The Kier molecular flexibility index (Phi) is 3.58. The van der Waals surface area contributed by atoms with Crippen molar-refractivity contribution in [1.29, 1.82) is 0 Å². The highest BCUT2D eigenvalue weighted by Crippen LogP contribution is 2.36. The van der Waals surface area contributed by atoms with Gasteiger partial charge in [0.25, 0.3) is 0 Å². The number of β-amino-alcohol motifs (C(OH)–C–C–N with tert-alkyl or cyclic N) is 1. The van der Waals surface area contributed by atoms with Crippen LogP contribution in [0.2, 0.25) is 0 Å². The molecule has 1 aliphatic carbocycles. The molecule has 1 aromatic rings. The molecule has 0 spiro atoms. The molecule has 1 aromatic carbocycles.